The van der Waals surface area contributed by atoms with Crippen molar-refractivity contribution >= 4 is 89.6 Å². The van der Waals surface area contributed by atoms with Crippen molar-refractivity contribution in [3.63, 3.8) is 0 Å². The van der Waals surface area contributed by atoms with Gasteiger partial charge in [0.15, 0.2) is 0 Å². The van der Waals surface area contributed by atoms with Crippen molar-refractivity contribution in [1.82, 2.24) is 30.2 Å². The third-order valence-corrected chi connectivity index (χ3v) is 27.6. The highest BCUT2D eigenvalue weighted by atomic mass is 16.5. The molecule has 16 heteroatoms. The van der Waals surface area contributed by atoms with Crippen molar-refractivity contribution in [2.24, 2.45) is 0 Å². The summed E-state index contributed by atoms with van der Waals surface area (Å²) in [5.74, 6) is 0.750. The van der Waals surface area contributed by atoms with Gasteiger partial charge in [0.25, 0.3) is 5.91 Å². The van der Waals surface area contributed by atoms with Gasteiger partial charge in [-0.3, -0.25) is 33.6 Å². The molecule has 7 aliphatic carbocycles. The predicted octanol–water partition coefficient (Wildman–Crippen LogP) is 23.3. The molecule has 3 fully saturated rings. The number of hydrogen-bond donors (Lipinski definition) is 4. The van der Waals surface area contributed by atoms with Gasteiger partial charge in [0, 0.05) is 156 Å². The first-order chi connectivity index (χ1) is 65.7. The van der Waals surface area contributed by atoms with Crippen molar-refractivity contribution in [3.8, 4) is 0 Å². The number of piperidine rings is 1. The molecule has 16 nitrogen and oxygen atoms in total. The molecule has 0 unspecified atom stereocenters. The Morgan fingerprint density at radius 2 is 0.571 bits per heavy atom. The fourth-order valence-electron chi connectivity index (χ4n) is 18.6. The molecule has 8 aromatic rings. The number of likely N-dealkylation sites (N-methyl/N-ethyl adjacent to an activating group) is 1. The third kappa shape index (κ3) is 28.3. The number of anilines is 1. The summed E-state index contributed by atoms with van der Waals surface area (Å²) in [5, 5.41) is 17.3. The molecule has 0 radical (unpaired) electrons. The lowest BCUT2D eigenvalue weighted by molar-refractivity contribution is -0.131. The normalized spacial score (nSPS) is 15.9. The molecule has 0 aromatic heterocycles. The largest absolute Gasteiger partial charge is 0.395 e. The van der Waals surface area contributed by atoms with E-state index < -0.39 is 0 Å². The van der Waals surface area contributed by atoms with E-state index in [0.717, 1.165) is 134 Å². The second-order valence-electron chi connectivity index (χ2n) is 47.0. The van der Waals surface area contributed by atoms with Crippen LogP contribution in [0.5, 0.6) is 0 Å². The Kier molecular flexibility index (Phi) is 34.4. The van der Waals surface area contributed by atoms with Crippen LogP contribution in [0.1, 0.15) is 308 Å². The van der Waals surface area contributed by atoms with Gasteiger partial charge in [-0.25, -0.2) is 0 Å². The van der Waals surface area contributed by atoms with Gasteiger partial charge in [-0.05, 0) is 255 Å². The number of aliphatic hydroxyl groups is 1. The number of benzene rings is 8. The standard InChI is InChI=1S/C20H21NO.C19H25NO.C18H23NO2.C18H23NO.C17H23NO.C16H21NO2.C16H21NO/c1-20(2,3)17-10-9-14-11-16(12-15(14)13-17)19(22)21-18-7-5-4-6-8-18;1-19(2,3)17-8-7-14-11-16(12-15(14)13-17)18(21)20-9-5-4-6-10-20;1-18(2,3)16-5-4-13-10-15(11-14(13)12-16)17(20)19-6-8-21-9-7-19;1-18(2,3)16-7-6-13-10-15(11-14(13)12-16)17(20)19-8-4-5-9-19;1-11(2)18-16(19)14-8-12-6-7-15(17(3,4)5)10-13(12)9-14;1-16(2,3)14-5-4-11-8-13(9-12(11)10-14)15(19)17-6-7-18;1-16(2,3)14-7-6-11-8-13(9-12(11)10-14)15(18)17(4)5/h4-10,12-13H,11H2,1-3H3,(H,21,22);7-8,12-13H,4-6,9-11H2,1-3H3;4-5,11-12H,6-10H2,1-3H3;6-7,11-12H,4-5,8-10H2,1-3H3;6-7,9-11H,8H2,1-5H3,(H,18,19);4-5,9-10,18H,6-8H2,1-3H3,(H,17,19);6-7,9-10H,8H2,1-5H3. The van der Waals surface area contributed by atoms with E-state index in [-0.39, 0.29) is 91.9 Å². The number of likely N-dealkylation sites (tertiary alicyclic amines) is 2. The zero-order valence-electron chi connectivity index (χ0n) is 88.7. The SMILES string of the molecule is CC(C)(C)c1ccc2c(c1)C=C(C(=O)N1CCCC1)C2.CC(C)(C)c1ccc2c(c1)C=C(C(=O)N1CCCCC1)C2.CC(C)(C)c1ccc2c(c1)C=C(C(=O)N1CCOCC1)C2.CC(C)(C)c1ccc2c(c1)C=C(C(=O)NCCO)C2.CC(C)(C)c1ccc2c(c1)C=C(C(=O)Nc1ccccc1)C2.CC(C)NC(=O)C1=Cc2cc(C(C)(C)C)ccc2C1.CN(C)C(=O)C1=Cc2cc(C(C)(C)C)ccc2C1. The second-order valence-corrected chi connectivity index (χ2v) is 47.0. The molecule has 3 saturated heterocycles. The van der Waals surface area contributed by atoms with Crippen LogP contribution >= 0.6 is 0 Å². The zero-order valence-corrected chi connectivity index (χ0v) is 88.7. The summed E-state index contributed by atoms with van der Waals surface area (Å²) in [4.78, 5) is 93.4. The zero-order chi connectivity index (χ0) is 102. The highest BCUT2D eigenvalue weighted by Crippen LogP contribution is 2.40. The molecule has 0 saturated carbocycles. The number of aliphatic hydroxyl groups excluding tert-OH is 1. The molecule has 18 rings (SSSR count). The first-order valence-corrected chi connectivity index (χ1v) is 50.9. The molecule has 0 atom stereocenters. The van der Waals surface area contributed by atoms with Crippen LogP contribution in [0.25, 0.3) is 42.5 Å². The number of fused-ring (bicyclic) bond motifs is 7. The molecule has 0 spiro atoms. The number of para-hydroxylation sites is 1. The van der Waals surface area contributed by atoms with E-state index in [1.807, 2.05) is 83.2 Å². The topological polar surface area (TPSA) is 198 Å². The molecule has 7 amide bonds. The van der Waals surface area contributed by atoms with Crippen LogP contribution in [0, 0.1) is 0 Å². The van der Waals surface area contributed by atoms with E-state index >= 15 is 0 Å². The van der Waals surface area contributed by atoms with E-state index in [4.69, 9.17) is 9.84 Å². The lowest BCUT2D eigenvalue weighted by atomic mass is 9.85. The van der Waals surface area contributed by atoms with Gasteiger partial charge in [-0.1, -0.05) is 291 Å². The number of amides is 7. The fourth-order valence-corrected chi connectivity index (χ4v) is 18.6. The van der Waals surface area contributed by atoms with E-state index in [1.54, 1.807) is 19.0 Å². The van der Waals surface area contributed by atoms with E-state index in [9.17, 15) is 33.6 Å². The molecular formula is C124H157N7O9. The number of nitrogens with zero attached hydrogens (tertiary/aromatic N) is 4. The summed E-state index contributed by atoms with van der Waals surface area (Å²) >= 11 is 0. The molecular weight excluding hydrogens is 1730 g/mol. The Balaban J connectivity index is 0.000000146. The number of ether oxygens (including phenoxy) is 1. The van der Waals surface area contributed by atoms with Crippen LogP contribution < -0.4 is 16.0 Å². The quantitative estimate of drug-likeness (QED) is 0.0973. The van der Waals surface area contributed by atoms with Crippen molar-refractivity contribution in [2.45, 2.75) is 280 Å². The maximum Gasteiger partial charge on any atom is 0.251 e. The summed E-state index contributed by atoms with van der Waals surface area (Å²) in [5.41, 5.74) is 34.4. The first kappa shape index (κ1) is 107. The number of carbonyl (C=O) groups is 7. The Morgan fingerprint density at radius 3 is 0.850 bits per heavy atom. The molecule has 3 heterocycles. The summed E-state index contributed by atoms with van der Waals surface area (Å²) in [6.45, 7) is 57.1. The smallest absolute Gasteiger partial charge is 0.251 e. The average molecular weight is 1890 g/mol. The highest BCUT2D eigenvalue weighted by Gasteiger charge is 2.33. The van der Waals surface area contributed by atoms with Gasteiger partial charge in [-0.15, -0.1) is 0 Å². The Morgan fingerprint density at radius 1 is 0.321 bits per heavy atom. The molecule has 10 aliphatic rings. The summed E-state index contributed by atoms with van der Waals surface area (Å²) in [6, 6.07) is 55.7. The number of carbonyl (C=O) groups excluding carboxylic acids is 7. The van der Waals surface area contributed by atoms with Crippen LogP contribution in [0.3, 0.4) is 0 Å². The van der Waals surface area contributed by atoms with Gasteiger partial charge in [0.2, 0.25) is 35.4 Å². The van der Waals surface area contributed by atoms with Crippen molar-refractivity contribution in [1.29, 1.82) is 0 Å². The minimum atomic E-state index is -0.0810. The van der Waals surface area contributed by atoms with Crippen molar-refractivity contribution < 1.29 is 43.4 Å². The maximum atomic E-state index is 12.6. The molecule has 8 aromatic carbocycles. The summed E-state index contributed by atoms with van der Waals surface area (Å²) < 4.78 is 5.31. The Bertz CT molecular complexity index is 6040. The molecule has 0 bridgehead atoms. The minimum absolute atomic E-state index is 0.0142. The van der Waals surface area contributed by atoms with Crippen molar-refractivity contribution in [3.05, 3.63) is 314 Å². The second kappa shape index (κ2) is 45.0. The van der Waals surface area contributed by atoms with Crippen LogP contribution in [-0.2, 0) is 121 Å². The molecule has 3 aliphatic heterocycles. The Labute approximate surface area is 836 Å². The maximum absolute atomic E-state index is 12.6. The van der Waals surface area contributed by atoms with Crippen LogP contribution in [0.15, 0.2) is 197 Å². The van der Waals surface area contributed by atoms with Gasteiger partial charge >= 0.3 is 0 Å². The van der Waals surface area contributed by atoms with Crippen LogP contribution in [0.4, 0.5) is 5.69 Å². The average Bonchev–Trinajstić information content (AvgIpc) is 1.64. The lowest BCUT2D eigenvalue weighted by Gasteiger charge is -2.27. The minimum Gasteiger partial charge on any atom is -0.395 e. The summed E-state index contributed by atoms with van der Waals surface area (Å²) in [6.07, 6.45) is 25.5. The van der Waals surface area contributed by atoms with Gasteiger partial charge in [-0.2, -0.15) is 0 Å². The van der Waals surface area contributed by atoms with E-state index in [2.05, 4.69) is 307 Å². The number of morpholine rings is 1. The van der Waals surface area contributed by atoms with E-state index in [0.29, 0.717) is 45.7 Å². The van der Waals surface area contributed by atoms with Crippen LogP contribution in [0.2, 0.25) is 0 Å². The molecule has 742 valence electrons. The number of hydrogen-bond acceptors (Lipinski definition) is 9. The Hall–Kier alpha value is -11.9. The van der Waals surface area contributed by atoms with E-state index in [1.165, 1.54) is 118 Å². The predicted molar refractivity (Wildman–Crippen MR) is 579 cm³/mol. The van der Waals surface area contributed by atoms with Gasteiger partial charge in [0.05, 0.1) is 19.8 Å². The number of nitrogens with one attached hydrogen (secondary N) is 3. The molecule has 140 heavy (non-hydrogen) atoms. The van der Waals surface area contributed by atoms with Gasteiger partial charge in [0.1, 0.15) is 0 Å². The molecule has 4 N–H and O–H groups in total. The number of rotatable bonds is 11. The van der Waals surface area contributed by atoms with Gasteiger partial charge < -0.3 is 45.4 Å². The third-order valence-electron chi connectivity index (χ3n) is 27.6. The van der Waals surface area contributed by atoms with Crippen molar-refractivity contribution in [2.75, 3.05) is 85.0 Å². The van der Waals surface area contributed by atoms with Crippen LogP contribution in [-0.4, -0.2) is 152 Å². The lowest BCUT2D eigenvalue weighted by Crippen LogP contribution is -2.41. The fraction of sp³-hybridized carbons (Fsp3) is 0.444. The first-order valence-electron chi connectivity index (χ1n) is 50.9. The highest BCUT2D eigenvalue weighted by molar-refractivity contribution is 6.09. The monoisotopic (exact) mass is 1890 g/mol. The summed E-state index contributed by atoms with van der Waals surface area (Å²) in [7, 11) is 3.60.